The van der Waals surface area contributed by atoms with Crippen molar-refractivity contribution < 1.29 is 4.79 Å². The van der Waals surface area contributed by atoms with Crippen LogP contribution in [0.3, 0.4) is 0 Å². The predicted molar refractivity (Wildman–Crippen MR) is 75.9 cm³/mol. The van der Waals surface area contributed by atoms with E-state index in [-0.39, 0.29) is 12.1 Å². The molecule has 0 radical (unpaired) electrons. The summed E-state index contributed by atoms with van der Waals surface area (Å²) >= 11 is 5.94. The second kappa shape index (κ2) is 4.50. The SMILES string of the molecule is CCC1(C)NC(c2ccc(Cl)cc2)N(C2CC2)C1=O. The number of rotatable bonds is 3. The van der Waals surface area contributed by atoms with Crippen LogP contribution in [0, 0.1) is 0 Å². The number of hydrogen-bond donors (Lipinski definition) is 1. The zero-order chi connectivity index (χ0) is 13.6. The Labute approximate surface area is 118 Å². The highest BCUT2D eigenvalue weighted by molar-refractivity contribution is 6.30. The number of carbonyl (C=O) groups is 1. The summed E-state index contributed by atoms with van der Waals surface area (Å²) < 4.78 is 0. The van der Waals surface area contributed by atoms with Crippen molar-refractivity contribution in [1.82, 2.24) is 10.2 Å². The molecule has 3 nitrogen and oxygen atoms in total. The van der Waals surface area contributed by atoms with Crippen LogP contribution in [0.25, 0.3) is 0 Å². The molecule has 1 aromatic carbocycles. The van der Waals surface area contributed by atoms with Crippen LogP contribution in [0.5, 0.6) is 0 Å². The first-order valence-corrected chi connectivity index (χ1v) is 7.29. The summed E-state index contributed by atoms with van der Waals surface area (Å²) in [6.07, 6.45) is 3.04. The fourth-order valence-electron chi connectivity index (χ4n) is 2.71. The van der Waals surface area contributed by atoms with Crippen LogP contribution in [-0.4, -0.2) is 22.4 Å². The van der Waals surface area contributed by atoms with Gasteiger partial charge in [0.25, 0.3) is 0 Å². The lowest BCUT2D eigenvalue weighted by molar-refractivity contribution is -0.133. The molecule has 19 heavy (non-hydrogen) atoms. The lowest BCUT2D eigenvalue weighted by Gasteiger charge is -2.24. The van der Waals surface area contributed by atoms with Crippen molar-refractivity contribution in [3.05, 3.63) is 34.9 Å². The van der Waals surface area contributed by atoms with Gasteiger partial charge in [-0.25, -0.2) is 0 Å². The third-order valence-corrected chi connectivity index (χ3v) is 4.53. The zero-order valence-electron chi connectivity index (χ0n) is 11.3. The van der Waals surface area contributed by atoms with Crippen LogP contribution in [0.15, 0.2) is 24.3 Å². The van der Waals surface area contributed by atoms with Gasteiger partial charge in [-0.3, -0.25) is 10.1 Å². The van der Waals surface area contributed by atoms with E-state index in [1.165, 1.54) is 0 Å². The molecule has 1 N–H and O–H groups in total. The van der Waals surface area contributed by atoms with Crippen LogP contribution in [0.4, 0.5) is 0 Å². The van der Waals surface area contributed by atoms with Gasteiger partial charge in [0.05, 0.1) is 5.54 Å². The summed E-state index contributed by atoms with van der Waals surface area (Å²) in [6.45, 7) is 4.06. The number of carbonyl (C=O) groups excluding carboxylic acids is 1. The molecule has 1 heterocycles. The average Bonchev–Trinajstić information content (AvgIpc) is 3.19. The average molecular weight is 279 g/mol. The Kier molecular flexibility index (Phi) is 3.06. The quantitative estimate of drug-likeness (QED) is 0.921. The molecule has 1 saturated carbocycles. The van der Waals surface area contributed by atoms with Gasteiger partial charge < -0.3 is 4.90 Å². The largest absolute Gasteiger partial charge is 0.318 e. The molecule has 3 rings (SSSR count). The summed E-state index contributed by atoms with van der Waals surface area (Å²) in [5.74, 6) is 0.234. The van der Waals surface area contributed by atoms with E-state index in [2.05, 4.69) is 12.2 Å². The second-order valence-corrected chi connectivity index (χ2v) is 6.16. The molecule has 1 aliphatic carbocycles. The van der Waals surface area contributed by atoms with Gasteiger partial charge in [-0.1, -0.05) is 30.7 Å². The van der Waals surface area contributed by atoms with E-state index in [0.29, 0.717) is 6.04 Å². The lowest BCUT2D eigenvalue weighted by Crippen LogP contribution is -2.43. The summed E-state index contributed by atoms with van der Waals surface area (Å²) in [5.41, 5.74) is 0.675. The van der Waals surface area contributed by atoms with Crippen molar-refractivity contribution in [2.24, 2.45) is 0 Å². The van der Waals surface area contributed by atoms with E-state index in [0.717, 1.165) is 29.8 Å². The van der Waals surface area contributed by atoms with Gasteiger partial charge in [-0.2, -0.15) is 0 Å². The highest BCUT2D eigenvalue weighted by Crippen LogP contribution is 2.41. The Morgan fingerprint density at radius 3 is 2.53 bits per heavy atom. The smallest absolute Gasteiger partial charge is 0.244 e. The molecule has 0 aromatic heterocycles. The predicted octanol–water partition coefficient (Wildman–Crippen LogP) is 3.10. The fraction of sp³-hybridized carbons (Fsp3) is 0.533. The Morgan fingerprint density at radius 2 is 2.00 bits per heavy atom. The molecule has 102 valence electrons. The maximum Gasteiger partial charge on any atom is 0.244 e. The Morgan fingerprint density at radius 1 is 1.37 bits per heavy atom. The molecular formula is C15H19ClN2O. The van der Waals surface area contributed by atoms with Gasteiger partial charge in [0.15, 0.2) is 0 Å². The first-order chi connectivity index (χ1) is 9.05. The molecule has 1 aliphatic heterocycles. The van der Waals surface area contributed by atoms with Gasteiger partial charge in [0.2, 0.25) is 5.91 Å². The fourth-order valence-corrected chi connectivity index (χ4v) is 2.83. The van der Waals surface area contributed by atoms with Crippen molar-refractivity contribution in [2.45, 2.75) is 50.9 Å². The number of hydrogen-bond acceptors (Lipinski definition) is 2. The van der Waals surface area contributed by atoms with E-state index >= 15 is 0 Å². The van der Waals surface area contributed by atoms with Crippen LogP contribution in [0.1, 0.15) is 44.8 Å². The second-order valence-electron chi connectivity index (χ2n) is 5.73. The molecule has 0 spiro atoms. The standard InChI is InChI=1S/C15H19ClN2O/c1-3-15(2)14(19)18(12-8-9-12)13(17-15)10-4-6-11(16)7-5-10/h4-7,12-13,17H,3,8-9H2,1-2H3. The third kappa shape index (κ3) is 2.15. The van der Waals surface area contributed by atoms with Gasteiger partial charge >= 0.3 is 0 Å². The number of nitrogens with one attached hydrogen (secondary N) is 1. The van der Waals surface area contributed by atoms with E-state index < -0.39 is 5.54 Å². The molecule has 0 bridgehead atoms. The number of nitrogens with zero attached hydrogens (tertiary/aromatic N) is 1. The van der Waals surface area contributed by atoms with Crippen molar-refractivity contribution in [3.8, 4) is 0 Å². The lowest BCUT2D eigenvalue weighted by atomic mass is 9.99. The monoisotopic (exact) mass is 278 g/mol. The van der Waals surface area contributed by atoms with Crippen molar-refractivity contribution in [1.29, 1.82) is 0 Å². The normalized spacial score (nSPS) is 31.0. The molecular weight excluding hydrogens is 260 g/mol. The molecule has 1 amide bonds. The number of amides is 1. The van der Waals surface area contributed by atoms with Gasteiger partial charge in [0, 0.05) is 11.1 Å². The van der Waals surface area contributed by atoms with E-state index in [9.17, 15) is 4.79 Å². The van der Waals surface area contributed by atoms with E-state index in [1.54, 1.807) is 0 Å². The van der Waals surface area contributed by atoms with Crippen LogP contribution < -0.4 is 5.32 Å². The summed E-state index contributed by atoms with van der Waals surface area (Å²) in [6, 6.07) is 8.19. The highest BCUT2D eigenvalue weighted by atomic mass is 35.5. The summed E-state index contributed by atoms with van der Waals surface area (Å²) in [5, 5.41) is 4.23. The van der Waals surface area contributed by atoms with Crippen LogP contribution in [-0.2, 0) is 4.79 Å². The molecule has 1 aromatic rings. The minimum absolute atomic E-state index is 0.0118. The number of benzene rings is 1. The zero-order valence-corrected chi connectivity index (χ0v) is 12.1. The Bertz CT molecular complexity index is 497. The maximum atomic E-state index is 12.6. The summed E-state index contributed by atoms with van der Waals surface area (Å²) in [7, 11) is 0. The molecule has 2 atom stereocenters. The first-order valence-electron chi connectivity index (χ1n) is 6.91. The van der Waals surface area contributed by atoms with Crippen LogP contribution >= 0.6 is 11.6 Å². The molecule has 2 fully saturated rings. The third-order valence-electron chi connectivity index (χ3n) is 4.27. The van der Waals surface area contributed by atoms with Gasteiger partial charge in [-0.15, -0.1) is 0 Å². The Balaban J connectivity index is 1.95. The summed E-state index contributed by atoms with van der Waals surface area (Å²) in [4.78, 5) is 14.7. The van der Waals surface area contributed by atoms with Crippen LogP contribution in [0.2, 0.25) is 5.02 Å². The first kappa shape index (κ1) is 12.9. The van der Waals surface area contributed by atoms with E-state index in [1.807, 2.05) is 36.1 Å². The molecule has 1 saturated heterocycles. The highest BCUT2D eigenvalue weighted by Gasteiger charge is 2.51. The number of halogens is 1. The Hall–Kier alpha value is -1.06. The minimum Gasteiger partial charge on any atom is -0.318 e. The molecule has 2 unspecified atom stereocenters. The van der Waals surface area contributed by atoms with Crippen molar-refractivity contribution in [2.75, 3.05) is 0 Å². The minimum atomic E-state index is -0.438. The van der Waals surface area contributed by atoms with Gasteiger partial charge in [-0.05, 0) is 43.9 Å². The van der Waals surface area contributed by atoms with Crippen molar-refractivity contribution in [3.63, 3.8) is 0 Å². The maximum absolute atomic E-state index is 12.6. The molecule has 4 heteroatoms. The van der Waals surface area contributed by atoms with E-state index in [4.69, 9.17) is 11.6 Å². The molecule has 2 aliphatic rings. The van der Waals surface area contributed by atoms with Crippen molar-refractivity contribution >= 4 is 17.5 Å². The van der Waals surface area contributed by atoms with Gasteiger partial charge in [0.1, 0.15) is 6.17 Å². The topological polar surface area (TPSA) is 32.3 Å².